The summed E-state index contributed by atoms with van der Waals surface area (Å²) in [6, 6.07) is 0. The van der Waals surface area contributed by atoms with E-state index in [1.165, 1.54) is 6.42 Å². The van der Waals surface area contributed by atoms with Crippen LogP contribution < -0.4 is 5.32 Å². The van der Waals surface area contributed by atoms with Crippen LogP contribution in [0.15, 0.2) is 0 Å². The fraction of sp³-hybridized carbons (Fsp3) is 1.00. The summed E-state index contributed by atoms with van der Waals surface area (Å²) in [5.41, 5.74) is 0. The van der Waals surface area contributed by atoms with Gasteiger partial charge in [-0.2, -0.15) is 12.6 Å². The third-order valence-corrected chi connectivity index (χ3v) is 1.24. The van der Waals surface area contributed by atoms with E-state index in [4.69, 9.17) is 0 Å². The predicted octanol–water partition coefficient (Wildman–Crippen LogP) is 0.236. The van der Waals surface area contributed by atoms with E-state index in [-0.39, 0.29) is 0 Å². The van der Waals surface area contributed by atoms with Gasteiger partial charge in [0.2, 0.25) is 0 Å². The highest BCUT2D eigenvalue weighted by Crippen LogP contribution is 2.03. The molecule has 1 aliphatic rings. The topological polar surface area (TPSA) is 12.0 Å². The van der Waals surface area contributed by atoms with Gasteiger partial charge in [-0.15, -0.1) is 0 Å². The van der Waals surface area contributed by atoms with Crippen LogP contribution in [0.5, 0.6) is 0 Å². The van der Waals surface area contributed by atoms with Crippen molar-refractivity contribution in [1.82, 2.24) is 5.32 Å². The standard InChI is InChI=1S/C3H7NS/c5-3-1-2-4-3/h3-5H,1-2H2. The Morgan fingerprint density at radius 2 is 2.20 bits per heavy atom. The Morgan fingerprint density at radius 1 is 1.80 bits per heavy atom. The number of hydrogen-bond acceptors (Lipinski definition) is 2. The molecule has 0 aromatic carbocycles. The molecule has 0 aliphatic carbocycles. The normalized spacial score (nSPS) is 36.6. The van der Waals surface area contributed by atoms with E-state index in [1.54, 1.807) is 0 Å². The Hall–Kier alpha value is 0.310. The monoisotopic (exact) mass is 89.0 g/mol. The van der Waals surface area contributed by atoms with Gasteiger partial charge in [-0.3, -0.25) is 0 Å². The molecule has 2 heteroatoms. The van der Waals surface area contributed by atoms with E-state index in [0.29, 0.717) is 5.37 Å². The Balaban J connectivity index is 2.08. The maximum Gasteiger partial charge on any atom is 0.0514 e. The van der Waals surface area contributed by atoms with Gasteiger partial charge in [0.05, 0.1) is 5.37 Å². The highest BCUT2D eigenvalue weighted by molar-refractivity contribution is 7.80. The lowest BCUT2D eigenvalue weighted by Gasteiger charge is -2.21. The van der Waals surface area contributed by atoms with Crippen molar-refractivity contribution in [3.05, 3.63) is 0 Å². The SMILES string of the molecule is SC1CCN1. The van der Waals surface area contributed by atoms with Crippen LogP contribution in [0, 0.1) is 0 Å². The Bertz CT molecular complexity index is 33.9. The number of nitrogens with one attached hydrogen (secondary N) is 1. The number of rotatable bonds is 0. The minimum atomic E-state index is 0.509. The molecule has 1 unspecified atom stereocenters. The van der Waals surface area contributed by atoms with Crippen molar-refractivity contribution in [1.29, 1.82) is 0 Å². The van der Waals surface area contributed by atoms with E-state index in [2.05, 4.69) is 17.9 Å². The molecular formula is C3H7NS. The summed E-state index contributed by atoms with van der Waals surface area (Å²) < 4.78 is 0. The zero-order valence-electron chi connectivity index (χ0n) is 2.94. The minimum absolute atomic E-state index is 0.509. The molecule has 1 saturated heterocycles. The summed E-state index contributed by atoms with van der Waals surface area (Å²) in [4.78, 5) is 0. The molecule has 0 aromatic heterocycles. The zero-order valence-corrected chi connectivity index (χ0v) is 3.83. The fourth-order valence-corrected chi connectivity index (χ4v) is 0.532. The molecule has 0 radical (unpaired) electrons. The summed E-state index contributed by atoms with van der Waals surface area (Å²) in [6.45, 7) is 1.16. The molecule has 1 aliphatic heterocycles. The van der Waals surface area contributed by atoms with Crippen LogP contribution in [0.1, 0.15) is 6.42 Å². The zero-order chi connectivity index (χ0) is 3.70. The molecule has 1 rings (SSSR count). The first-order chi connectivity index (χ1) is 2.39. The fourth-order valence-electron chi connectivity index (χ4n) is 0.273. The van der Waals surface area contributed by atoms with Gasteiger partial charge in [0.1, 0.15) is 0 Å². The van der Waals surface area contributed by atoms with E-state index in [1.807, 2.05) is 0 Å². The second kappa shape index (κ2) is 1.19. The first-order valence-electron chi connectivity index (χ1n) is 1.81. The van der Waals surface area contributed by atoms with Gasteiger partial charge in [-0.05, 0) is 13.0 Å². The van der Waals surface area contributed by atoms with Crippen LogP contribution in [0.3, 0.4) is 0 Å². The van der Waals surface area contributed by atoms with Crippen molar-refractivity contribution in [2.24, 2.45) is 0 Å². The molecular weight excluding hydrogens is 82.1 g/mol. The third-order valence-electron chi connectivity index (χ3n) is 0.798. The number of hydrogen-bond donors (Lipinski definition) is 2. The van der Waals surface area contributed by atoms with Crippen LogP contribution in [-0.2, 0) is 0 Å². The van der Waals surface area contributed by atoms with E-state index >= 15 is 0 Å². The smallest absolute Gasteiger partial charge is 0.0514 e. The average Bonchev–Trinajstić information content (AvgIpc) is 1.30. The lowest BCUT2D eigenvalue weighted by Crippen LogP contribution is -2.38. The number of thiol groups is 1. The molecule has 5 heavy (non-hydrogen) atoms. The van der Waals surface area contributed by atoms with Gasteiger partial charge < -0.3 is 5.32 Å². The minimum Gasteiger partial charge on any atom is -0.305 e. The van der Waals surface area contributed by atoms with Crippen molar-refractivity contribution < 1.29 is 0 Å². The maximum atomic E-state index is 4.07. The summed E-state index contributed by atoms with van der Waals surface area (Å²) in [7, 11) is 0. The molecule has 1 fully saturated rings. The Morgan fingerprint density at radius 3 is 2.20 bits per heavy atom. The summed E-state index contributed by atoms with van der Waals surface area (Å²) in [5.74, 6) is 0. The molecule has 1 N–H and O–H groups in total. The quantitative estimate of drug-likeness (QED) is 0.405. The van der Waals surface area contributed by atoms with Crippen molar-refractivity contribution in [3.63, 3.8) is 0 Å². The molecule has 0 bridgehead atoms. The van der Waals surface area contributed by atoms with Crippen molar-refractivity contribution in [2.45, 2.75) is 11.8 Å². The van der Waals surface area contributed by atoms with E-state index in [9.17, 15) is 0 Å². The van der Waals surface area contributed by atoms with E-state index in [0.717, 1.165) is 6.54 Å². The van der Waals surface area contributed by atoms with E-state index < -0.39 is 0 Å². The molecule has 0 spiro atoms. The first kappa shape index (κ1) is 3.50. The lowest BCUT2D eigenvalue weighted by atomic mass is 10.3. The largest absolute Gasteiger partial charge is 0.305 e. The van der Waals surface area contributed by atoms with Crippen LogP contribution in [-0.4, -0.2) is 11.9 Å². The van der Waals surface area contributed by atoms with Gasteiger partial charge >= 0.3 is 0 Å². The van der Waals surface area contributed by atoms with Crippen LogP contribution in [0.2, 0.25) is 0 Å². The second-order valence-electron chi connectivity index (χ2n) is 1.26. The van der Waals surface area contributed by atoms with Crippen LogP contribution in [0.25, 0.3) is 0 Å². The Kier molecular flexibility index (Phi) is 0.830. The van der Waals surface area contributed by atoms with Crippen molar-refractivity contribution >= 4 is 12.6 Å². The predicted molar refractivity (Wildman–Crippen MR) is 25.4 cm³/mol. The summed E-state index contributed by atoms with van der Waals surface area (Å²) in [5, 5.41) is 3.58. The van der Waals surface area contributed by atoms with Crippen LogP contribution in [0.4, 0.5) is 0 Å². The van der Waals surface area contributed by atoms with Gasteiger partial charge in [-0.1, -0.05) is 0 Å². The maximum absolute atomic E-state index is 4.07. The molecule has 0 aromatic rings. The van der Waals surface area contributed by atoms with Gasteiger partial charge in [0.25, 0.3) is 0 Å². The average molecular weight is 89.2 g/mol. The second-order valence-corrected chi connectivity index (χ2v) is 1.88. The highest BCUT2D eigenvalue weighted by Gasteiger charge is 2.08. The summed E-state index contributed by atoms with van der Waals surface area (Å²) >= 11 is 4.07. The molecule has 1 atom stereocenters. The highest BCUT2D eigenvalue weighted by atomic mass is 32.1. The first-order valence-corrected chi connectivity index (χ1v) is 2.33. The molecule has 0 amide bonds. The summed E-state index contributed by atoms with van der Waals surface area (Å²) in [6.07, 6.45) is 1.24. The lowest BCUT2D eigenvalue weighted by molar-refractivity contribution is 0.490. The molecule has 1 nitrogen and oxygen atoms in total. The van der Waals surface area contributed by atoms with Crippen molar-refractivity contribution in [3.8, 4) is 0 Å². The van der Waals surface area contributed by atoms with Gasteiger partial charge in [0.15, 0.2) is 0 Å². The van der Waals surface area contributed by atoms with Crippen molar-refractivity contribution in [2.75, 3.05) is 6.54 Å². The van der Waals surface area contributed by atoms with Gasteiger partial charge in [0, 0.05) is 0 Å². The Labute approximate surface area is 37.2 Å². The molecule has 30 valence electrons. The van der Waals surface area contributed by atoms with Crippen LogP contribution >= 0.6 is 12.6 Å². The molecule has 1 heterocycles. The third kappa shape index (κ3) is 0.578. The molecule has 0 saturated carbocycles. The van der Waals surface area contributed by atoms with Gasteiger partial charge in [-0.25, -0.2) is 0 Å².